The first-order valence-electron chi connectivity index (χ1n) is 9.22. The van der Waals surface area contributed by atoms with Crippen molar-refractivity contribution in [3.05, 3.63) is 59.5 Å². The number of benzene rings is 1. The van der Waals surface area contributed by atoms with Gasteiger partial charge in [-0.15, -0.1) is 0 Å². The van der Waals surface area contributed by atoms with E-state index in [4.69, 9.17) is 5.11 Å². The third-order valence-electron chi connectivity index (χ3n) is 5.57. The Morgan fingerprint density at radius 1 is 1.04 bits per heavy atom. The predicted octanol–water partition coefficient (Wildman–Crippen LogP) is 2.63. The SMILES string of the molecule is O=C(O)CNC(=O)C1=C(O)C2(CCCC2)n2c(ccc2-c2ccccc2)C1=O. The first-order valence-corrected chi connectivity index (χ1v) is 9.22. The number of hydrogen-bond donors (Lipinski definition) is 3. The summed E-state index contributed by atoms with van der Waals surface area (Å²) in [5.74, 6) is -2.94. The monoisotopic (exact) mass is 380 g/mol. The van der Waals surface area contributed by atoms with Gasteiger partial charge >= 0.3 is 5.97 Å². The van der Waals surface area contributed by atoms with Crippen LogP contribution in [0, 0.1) is 0 Å². The summed E-state index contributed by atoms with van der Waals surface area (Å²) in [5, 5.41) is 22.1. The van der Waals surface area contributed by atoms with E-state index in [-0.39, 0.29) is 11.3 Å². The predicted molar refractivity (Wildman–Crippen MR) is 101 cm³/mol. The molecule has 3 N–H and O–H groups in total. The van der Waals surface area contributed by atoms with Crippen molar-refractivity contribution in [1.82, 2.24) is 9.88 Å². The van der Waals surface area contributed by atoms with E-state index < -0.39 is 29.7 Å². The van der Waals surface area contributed by atoms with Gasteiger partial charge < -0.3 is 20.1 Å². The zero-order chi connectivity index (χ0) is 19.9. The van der Waals surface area contributed by atoms with Crippen molar-refractivity contribution in [3.63, 3.8) is 0 Å². The molecule has 0 unspecified atom stereocenters. The van der Waals surface area contributed by atoms with Gasteiger partial charge in [-0.05, 0) is 30.5 Å². The molecule has 2 aliphatic rings. The van der Waals surface area contributed by atoms with E-state index in [0.717, 1.165) is 24.1 Å². The van der Waals surface area contributed by atoms with Crippen LogP contribution >= 0.6 is 0 Å². The van der Waals surface area contributed by atoms with E-state index in [0.29, 0.717) is 18.5 Å². The molecule has 1 spiro atoms. The molecule has 1 aliphatic carbocycles. The fourth-order valence-corrected chi connectivity index (χ4v) is 4.36. The molecule has 1 aliphatic heterocycles. The maximum atomic E-state index is 13.1. The number of amides is 1. The second kappa shape index (κ2) is 6.67. The lowest BCUT2D eigenvalue weighted by Crippen LogP contribution is -2.44. The molecular formula is C21H20N2O5. The number of allylic oxidation sites excluding steroid dienone is 1. The van der Waals surface area contributed by atoms with E-state index in [1.54, 1.807) is 6.07 Å². The highest BCUT2D eigenvalue weighted by Crippen LogP contribution is 2.49. The molecule has 1 amide bonds. The molecule has 7 heteroatoms. The number of aliphatic carboxylic acids is 1. The lowest BCUT2D eigenvalue weighted by Gasteiger charge is -2.38. The number of Topliss-reactive ketones (excluding diaryl/α,β-unsaturated/α-hetero) is 1. The number of hydrogen-bond acceptors (Lipinski definition) is 4. The van der Waals surface area contributed by atoms with Crippen LogP contribution in [-0.2, 0) is 15.1 Å². The molecule has 1 fully saturated rings. The zero-order valence-corrected chi connectivity index (χ0v) is 15.1. The standard InChI is InChI=1S/C21H20N2O5/c24-16(25)12-22-20(28)17-18(26)15-9-8-14(13-6-2-1-3-7-13)23(15)21(19(17)27)10-4-5-11-21/h1-3,6-9,27H,4-5,10-12H2,(H,22,28)(H,24,25). The fraction of sp³-hybridized carbons (Fsp3) is 0.286. The summed E-state index contributed by atoms with van der Waals surface area (Å²) in [5.41, 5.74) is 0.836. The van der Waals surface area contributed by atoms with Crippen molar-refractivity contribution in [3.8, 4) is 11.3 Å². The Balaban J connectivity index is 1.87. The quantitative estimate of drug-likeness (QED) is 0.707. The summed E-state index contributed by atoms with van der Waals surface area (Å²) in [4.78, 5) is 36.4. The van der Waals surface area contributed by atoms with Gasteiger partial charge in [-0.25, -0.2) is 0 Å². The van der Waals surface area contributed by atoms with Gasteiger partial charge in [0.1, 0.15) is 23.4 Å². The third-order valence-corrected chi connectivity index (χ3v) is 5.57. The van der Waals surface area contributed by atoms with Gasteiger partial charge in [0.15, 0.2) is 0 Å². The van der Waals surface area contributed by atoms with Crippen LogP contribution in [0.3, 0.4) is 0 Å². The average Bonchev–Trinajstić information content (AvgIpc) is 3.34. The number of carboxylic acid groups (broad SMARTS) is 1. The van der Waals surface area contributed by atoms with Gasteiger partial charge in [0.05, 0.1) is 5.69 Å². The number of aliphatic hydroxyl groups is 1. The van der Waals surface area contributed by atoms with Crippen molar-refractivity contribution in [2.45, 2.75) is 31.2 Å². The third kappa shape index (κ3) is 2.62. The normalized spacial score (nSPS) is 17.6. The van der Waals surface area contributed by atoms with Gasteiger partial charge in [-0.3, -0.25) is 14.4 Å². The Labute approximate surface area is 161 Å². The number of nitrogens with one attached hydrogen (secondary N) is 1. The molecule has 0 saturated heterocycles. The Morgan fingerprint density at radius 3 is 2.32 bits per heavy atom. The molecule has 1 aromatic heterocycles. The molecular weight excluding hydrogens is 360 g/mol. The topological polar surface area (TPSA) is 109 Å². The second-order valence-corrected chi connectivity index (χ2v) is 7.17. The molecule has 7 nitrogen and oxygen atoms in total. The highest BCUT2D eigenvalue weighted by Gasteiger charge is 2.50. The summed E-state index contributed by atoms with van der Waals surface area (Å²) in [7, 11) is 0. The van der Waals surface area contributed by atoms with Crippen LogP contribution in [-0.4, -0.2) is 39.0 Å². The van der Waals surface area contributed by atoms with Crippen LogP contribution < -0.4 is 5.32 Å². The highest BCUT2D eigenvalue weighted by atomic mass is 16.4. The van der Waals surface area contributed by atoms with Gasteiger partial charge in [0.25, 0.3) is 5.91 Å². The molecule has 144 valence electrons. The van der Waals surface area contributed by atoms with Crippen LogP contribution in [0.1, 0.15) is 36.2 Å². The van der Waals surface area contributed by atoms with Gasteiger partial charge in [-0.1, -0.05) is 43.2 Å². The molecule has 0 radical (unpaired) electrons. The number of aliphatic hydroxyl groups excluding tert-OH is 1. The minimum atomic E-state index is -1.22. The number of nitrogens with zero attached hydrogens (tertiary/aromatic N) is 1. The number of rotatable bonds is 4. The minimum Gasteiger partial charge on any atom is -0.509 e. The number of fused-ring (bicyclic) bond motifs is 2. The molecule has 28 heavy (non-hydrogen) atoms. The zero-order valence-electron chi connectivity index (χ0n) is 15.1. The Bertz CT molecular complexity index is 997. The van der Waals surface area contributed by atoms with Gasteiger partial charge in [0.2, 0.25) is 5.78 Å². The van der Waals surface area contributed by atoms with Crippen molar-refractivity contribution >= 4 is 17.7 Å². The summed E-state index contributed by atoms with van der Waals surface area (Å²) < 4.78 is 1.86. The largest absolute Gasteiger partial charge is 0.509 e. The number of carbonyl (C=O) groups is 3. The number of carboxylic acids is 1. The van der Waals surface area contributed by atoms with Crippen LogP contribution in [0.2, 0.25) is 0 Å². The van der Waals surface area contributed by atoms with Crippen molar-refractivity contribution < 1.29 is 24.6 Å². The number of aromatic nitrogens is 1. The summed E-state index contributed by atoms with van der Waals surface area (Å²) >= 11 is 0. The Hall–Kier alpha value is -3.35. The first-order chi connectivity index (χ1) is 13.5. The summed E-state index contributed by atoms with van der Waals surface area (Å²) in [6.07, 6.45) is 2.91. The van der Waals surface area contributed by atoms with Crippen molar-refractivity contribution in [2.75, 3.05) is 6.54 Å². The average molecular weight is 380 g/mol. The van der Waals surface area contributed by atoms with Crippen LogP contribution in [0.4, 0.5) is 0 Å². The van der Waals surface area contributed by atoms with Crippen LogP contribution in [0.25, 0.3) is 11.3 Å². The van der Waals surface area contributed by atoms with Crippen molar-refractivity contribution in [1.29, 1.82) is 0 Å². The molecule has 2 heterocycles. The van der Waals surface area contributed by atoms with E-state index in [1.807, 2.05) is 41.0 Å². The van der Waals surface area contributed by atoms with Crippen LogP contribution in [0.15, 0.2) is 53.8 Å². The van der Waals surface area contributed by atoms with E-state index in [1.165, 1.54) is 0 Å². The van der Waals surface area contributed by atoms with E-state index >= 15 is 0 Å². The van der Waals surface area contributed by atoms with E-state index in [2.05, 4.69) is 5.32 Å². The molecule has 0 bridgehead atoms. The molecule has 4 rings (SSSR count). The molecule has 0 atom stereocenters. The first kappa shape index (κ1) is 18.0. The molecule has 1 saturated carbocycles. The number of ketones is 1. The maximum absolute atomic E-state index is 13.1. The smallest absolute Gasteiger partial charge is 0.322 e. The number of carbonyl (C=O) groups excluding carboxylic acids is 2. The lowest BCUT2D eigenvalue weighted by atomic mass is 9.84. The maximum Gasteiger partial charge on any atom is 0.322 e. The second-order valence-electron chi connectivity index (χ2n) is 7.17. The molecule has 1 aromatic carbocycles. The van der Waals surface area contributed by atoms with Gasteiger partial charge in [0, 0.05) is 5.69 Å². The Kier molecular flexibility index (Phi) is 4.30. The van der Waals surface area contributed by atoms with Crippen molar-refractivity contribution in [2.24, 2.45) is 0 Å². The highest BCUT2D eigenvalue weighted by molar-refractivity contribution is 6.26. The molecule has 2 aromatic rings. The fourth-order valence-electron chi connectivity index (χ4n) is 4.36. The summed E-state index contributed by atoms with van der Waals surface area (Å²) in [6.45, 7) is -0.619. The van der Waals surface area contributed by atoms with Gasteiger partial charge in [-0.2, -0.15) is 0 Å². The van der Waals surface area contributed by atoms with E-state index in [9.17, 15) is 19.5 Å². The van der Waals surface area contributed by atoms with Crippen LogP contribution in [0.5, 0.6) is 0 Å². The lowest BCUT2D eigenvalue weighted by molar-refractivity contribution is -0.137. The Morgan fingerprint density at radius 2 is 1.68 bits per heavy atom. The summed E-state index contributed by atoms with van der Waals surface area (Å²) in [6, 6.07) is 13.1. The minimum absolute atomic E-state index is 0.265.